The highest BCUT2D eigenvalue weighted by atomic mass is 35.6. The average molecular weight is 472 g/mol. The van der Waals surface area contributed by atoms with Crippen LogP contribution in [0.3, 0.4) is 0 Å². The summed E-state index contributed by atoms with van der Waals surface area (Å²) in [6, 6.07) is 0. The molecule has 160 valence electrons. The van der Waals surface area contributed by atoms with Gasteiger partial charge in [-0.15, -0.1) is 0 Å². The molecular formula is C19H20Cl3F3N2O2. The van der Waals surface area contributed by atoms with Crippen LogP contribution in [0.5, 0.6) is 0 Å². The Hall–Kier alpha value is -0.920. The first kappa shape index (κ1) is 21.3. The maximum absolute atomic E-state index is 13.9. The van der Waals surface area contributed by atoms with Crippen LogP contribution in [0.2, 0.25) is 0 Å². The van der Waals surface area contributed by atoms with Crippen LogP contribution in [0.25, 0.3) is 0 Å². The Kier molecular flexibility index (Phi) is 5.19. The lowest BCUT2D eigenvalue weighted by atomic mass is 9.88. The number of nitrogens with zero attached hydrogens (tertiary/aromatic N) is 1. The Morgan fingerprint density at radius 1 is 1.24 bits per heavy atom. The molecule has 1 unspecified atom stereocenters. The number of anilines is 1. The molecule has 0 spiro atoms. The van der Waals surface area contributed by atoms with Crippen molar-refractivity contribution in [2.24, 2.45) is 5.41 Å². The Labute approximate surface area is 181 Å². The zero-order valence-corrected chi connectivity index (χ0v) is 17.9. The summed E-state index contributed by atoms with van der Waals surface area (Å²) in [5.74, 6) is -0.312. The van der Waals surface area contributed by atoms with Crippen molar-refractivity contribution in [2.45, 2.75) is 67.3 Å². The van der Waals surface area contributed by atoms with E-state index in [0.29, 0.717) is 30.5 Å². The summed E-state index contributed by atoms with van der Waals surface area (Å²) >= 11 is 16.8. The number of hydrogen-bond acceptors (Lipinski definition) is 3. The lowest BCUT2D eigenvalue weighted by molar-refractivity contribution is -0.141. The van der Waals surface area contributed by atoms with Gasteiger partial charge < -0.3 is 4.74 Å². The zero-order valence-electron chi connectivity index (χ0n) is 15.6. The van der Waals surface area contributed by atoms with E-state index in [1.165, 1.54) is 0 Å². The fourth-order valence-corrected chi connectivity index (χ4v) is 4.43. The molecule has 1 aromatic rings. The van der Waals surface area contributed by atoms with Crippen molar-refractivity contribution in [2.75, 3.05) is 11.9 Å². The van der Waals surface area contributed by atoms with Gasteiger partial charge in [0.25, 0.3) is 0 Å². The van der Waals surface area contributed by atoms with Crippen molar-refractivity contribution in [3.05, 3.63) is 22.5 Å². The number of carbonyl (C=O) groups excluding carboxylic acids is 1. The molecule has 0 saturated heterocycles. The molecule has 4 nitrogen and oxygen atoms in total. The van der Waals surface area contributed by atoms with Gasteiger partial charge in [0, 0.05) is 17.2 Å². The van der Waals surface area contributed by atoms with Crippen LogP contribution in [-0.4, -0.2) is 21.5 Å². The third-order valence-electron chi connectivity index (χ3n) is 6.11. The van der Waals surface area contributed by atoms with Gasteiger partial charge in [-0.1, -0.05) is 41.7 Å². The van der Waals surface area contributed by atoms with Gasteiger partial charge in [-0.25, -0.2) is 9.78 Å². The number of aromatic nitrogens is 1. The van der Waals surface area contributed by atoms with Gasteiger partial charge in [-0.2, -0.15) is 13.2 Å². The van der Waals surface area contributed by atoms with E-state index < -0.39 is 28.4 Å². The van der Waals surface area contributed by atoms with E-state index in [2.05, 4.69) is 17.2 Å². The fourth-order valence-electron chi connectivity index (χ4n) is 4.26. The normalized spacial score (nSPS) is 22.9. The van der Waals surface area contributed by atoms with Crippen LogP contribution < -0.4 is 5.32 Å². The first-order chi connectivity index (χ1) is 13.4. The summed E-state index contributed by atoms with van der Waals surface area (Å²) in [4.78, 5) is 16.4. The number of rotatable bonds is 4. The van der Waals surface area contributed by atoms with Crippen LogP contribution in [0.1, 0.15) is 73.4 Å². The number of pyridine rings is 1. The minimum Gasteiger partial charge on any atom is -0.445 e. The highest BCUT2D eigenvalue weighted by molar-refractivity contribution is 6.67. The van der Waals surface area contributed by atoms with Crippen LogP contribution in [0.15, 0.2) is 0 Å². The molecule has 1 amide bonds. The zero-order chi connectivity index (χ0) is 21.2. The summed E-state index contributed by atoms with van der Waals surface area (Å²) < 4.78 is 44.8. The number of amides is 1. The third-order valence-corrected chi connectivity index (χ3v) is 6.44. The molecule has 10 heteroatoms. The van der Waals surface area contributed by atoms with Crippen molar-refractivity contribution in [3.63, 3.8) is 0 Å². The predicted octanol–water partition coefficient (Wildman–Crippen LogP) is 6.73. The highest BCUT2D eigenvalue weighted by Crippen LogP contribution is 2.61. The molecule has 1 aromatic heterocycles. The van der Waals surface area contributed by atoms with Gasteiger partial charge >= 0.3 is 12.3 Å². The second-order valence-electron chi connectivity index (χ2n) is 8.45. The Balaban J connectivity index is 1.76. The van der Waals surface area contributed by atoms with E-state index in [0.717, 1.165) is 19.3 Å². The molecule has 3 aliphatic rings. The molecule has 1 N–H and O–H groups in total. The predicted molar refractivity (Wildman–Crippen MR) is 105 cm³/mol. The number of fused-ring (bicyclic) bond motifs is 1. The molecule has 0 radical (unpaired) electrons. The quantitative estimate of drug-likeness (QED) is 0.496. The number of alkyl halides is 6. The van der Waals surface area contributed by atoms with E-state index in [-0.39, 0.29) is 28.5 Å². The molecule has 0 bridgehead atoms. The minimum absolute atomic E-state index is 0.0184. The monoisotopic (exact) mass is 470 g/mol. The Morgan fingerprint density at radius 3 is 2.41 bits per heavy atom. The summed E-state index contributed by atoms with van der Waals surface area (Å²) in [5.41, 5.74) is 0.471. The SMILES string of the molecule is CC1(C2CCc3c2nc(C(F)(F)F)c(C2CC2)c3NC(=O)OCC(Cl)(Cl)Cl)CC1. The van der Waals surface area contributed by atoms with E-state index in [1.807, 2.05) is 0 Å². The van der Waals surface area contributed by atoms with E-state index in [9.17, 15) is 18.0 Å². The average Bonchev–Trinajstić information content (AvgIpc) is 3.51. The van der Waals surface area contributed by atoms with Gasteiger partial charge in [0.15, 0.2) is 0 Å². The molecule has 4 rings (SSSR count). The minimum atomic E-state index is -4.61. The number of halogens is 6. The first-order valence-electron chi connectivity index (χ1n) is 9.53. The molecule has 2 saturated carbocycles. The number of hydrogen-bond donors (Lipinski definition) is 1. The van der Waals surface area contributed by atoms with E-state index in [4.69, 9.17) is 39.5 Å². The molecule has 1 atom stereocenters. The first-order valence-corrected chi connectivity index (χ1v) is 10.7. The molecule has 3 aliphatic carbocycles. The van der Waals surface area contributed by atoms with Crippen molar-refractivity contribution < 1.29 is 22.7 Å². The summed E-state index contributed by atoms with van der Waals surface area (Å²) in [5, 5.41) is 2.53. The summed E-state index contributed by atoms with van der Waals surface area (Å²) in [7, 11) is 0. The largest absolute Gasteiger partial charge is 0.445 e. The van der Waals surface area contributed by atoms with Crippen LogP contribution in [0.4, 0.5) is 23.7 Å². The molecule has 0 aromatic carbocycles. The van der Waals surface area contributed by atoms with Crippen molar-refractivity contribution in [1.82, 2.24) is 4.98 Å². The molecule has 2 fully saturated rings. The maximum Gasteiger partial charge on any atom is 0.433 e. The fraction of sp³-hybridized carbons (Fsp3) is 0.684. The van der Waals surface area contributed by atoms with Gasteiger partial charge in [0.2, 0.25) is 3.79 Å². The molecule has 1 heterocycles. The Bertz CT molecular complexity index is 847. The lowest BCUT2D eigenvalue weighted by Crippen LogP contribution is -2.24. The van der Waals surface area contributed by atoms with Crippen LogP contribution in [-0.2, 0) is 17.3 Å². The van der Waals surface area contributed by atoms with Crippen LogP contribution >= 0.6 is 34.8 Å². The second kappa shape index (κ2) is 7.06. The third kappa shape index (κ3) is 4.42. The smallest absolute Gasteiger partial charge is 0.433 e. The van der Waals surface area contributed by atoms with Gasteiger partial charge in [-0.05, 0) is 55.4 Å². The summed E-state index contributed by atoms with van der Waals surface area (Å²) in [6.07, 6.45) is -1.06. The van der Waals surface area contributed by atoms with Gasteiger partial charge in [-0.3, -0.25) is 5.32 Å². The maximum atomic E-state index is 13.9. The van der Waals surface area contributed by atoms with Gasteiger partial charge in [0.1, 0.15) is 12.3 Å². The van der Waals surface area contributed by atoms with E-state index in [1.54, 1.807) is 0 Å². The van der Waals surface area contributed by atoms with E-state index >= 15 is 0 Å². The van der Waals surface area contributed by atoms with Crippen molar-refractivity contribution in [3.8, 4) is 0 Å². The van der Waals surface area contributed by atoms with Gasteiger partial charge in [0.05, 0.1) is 5.69 Å². The second-order valence-corrected chi connectivity index (χ2v) is 11.0. The molecule has 29 heavy (non-hydrogen) atoms. The van der Waals surface area contributed by atoms with Crippen molar-refractivity contribution >= 4 is 46.6 Å². The highest BCUT2D eigenvalue weighted by Gasteiger charge is 2.51. The van der Waals surface area contributed by atoms with Crippen LogP contribution in [0, 0.1) is 5.41 Å². The topological polar surface area (TPSA) is 51.2 Å². The Morgan fingerprint density at radius 2 is 1.90 bits per heavy atom. The lowest BCUT2D eigenvalue weighted by Gasteiger charge is -2.23. The standard InChI is InChI=1S/C19H20Cl3F3N2O2/c1-17(6-7-17)11-5-4-10-13(11)26-15(19(23,24)25)12(9-2-3-9)14(10)27-16(28)29-8-18(20,21)22/h9,11H,2-8H2,1H3,(H,26,27,28). The molecular weight excluding hydrogens is 452 g/mol. The number of carbonyl (C=O) groups is 1. The van der Waals surface area contributed by atoms with Crippen molar-refractivity contribution in [1.29, 1.82) is 0 Å². The number of ether oxygens (including phenoxy) is 1. The number of nitrogens with one attached hydrogen (secondary N) is 1. The summed E-state index contributed by atoms with van der Waals surface area (Å²) in [6.45, 7) is 1.57. The molecule has 0 aliphatic heterocycles.